The van der Waals surface area contributed by atoms with Crippen LogP contribution in [0.3, 0.4) is 0 Å². The molecule has 1 unspecified atom stereocenters. The Morgan fingerprint density at radius 2 is 2.00 bits per heavy atom. The van der Waals surface area contributed by atoms with Crippen molar-refractivity contribution in [1.29, 1.82) is 0 Å². The van der Waals surface area contributed by atoms with Crippen LogP contribution in [0.1, 0.15) is 63.6 Å². The third-order valence-corrected chi connectivity index (χ3v) is 3.37. The first-order chi connectivity index (χ1) is 8.15. The van der Waals surface area contributed by atoms with E-state index in [0.29, 0.717) is 11.8 Å². The third kappa shape index (κ3) is 2.21. The largest absolute Gasteiger partial charge is 0.240 e. The van der Waals surface area contributed by atoms with E-state index in [2.05, 4.69) is 39.8 Å². The average molecular weight is 230 g/mol. The molecule has 0 aliphatic carbocycles. The van der Waals surface area contributed by atoms with Gasteiger partial charge in [0.15, 0.2) is 0 Å². The number of hydrogen-bond acceptors (Lipinski definition) is 1. The zero-order valence-corrected chi connectivity index (χ0v) is 11.3. The molecular formula is C15H22N2. The third-order valence-electron chi connectivity index (χ3n) is 3.37. The Bertz CT molecular complexity index is 497. The zero-order chi connectivity index (χ0) is 12.4. The average Bonchev–Trinajstić information content (AvgIpc) is 2.68. The van der Waals surface area contributed by atoms with Crippen molar-refractivity contribution < 1.29 is 0 Å². The van der Waals surface area contributed by atoms with Crippen LogP contribution in [0.15, 0.2) is 24.4 Å². The highest BCUT2D eigenvalue weighted by Gasteiger charge is 2.19. The van der Waals surface area contributed by atoms with E-state index in [1.807, 2.05) is 16.8 Å². The van der Waals surface area contributed by atoms with E-state index in [-0.39, 0.29) is 0 Å². The normalized spacial score (nSPS) is 13.5. The summed E-state index contributed by atoms with van der Waals surface area (Å²) in [5.74, 6) is 1.08. The molecule has 92 valence electrons. The number of nitrogens with zero attached hydrogens (tertiary/aromatic N) is 2. The van der Waals surface area contributed by atoms with Crippen LogP contribution in [0.2, 0.25) is 0 Å². The molecule has 0 aliphatic heterocycles. The van der Waals surface area contributed by atoms with Crippen LogP contribution in [-0.2, 0) is 0 Å². The predicted octanol–water partition coefficient (Wildman–Crippen LogP) is 4.36. The summed E-state index contributed by atoms with van der Waals surface area (Å²) in [5.41, 5.74) is 3.98. The van der Waals surface area contributed by atoms with E-state index in [1.165, 1.54) is 29.6 Å². The Hall–Kier alpha value is -1.31. The number of fused-ring (bicyclic) bond motifs is 1. The summed E-state index contributed by atoms with van der Waals surface area (Å²) in [6.45, 7) is 9.02. The maximum atomic E-state index is 4.73. The Morgan fingerprint density at radius 3 is 2.65 bits per heavy atom. The Kier molecular flexibility index (Phi) is 3.51. The van der Waals surface area contributed by atoms with E-state index in [0.717, 1.165) is 0 Å². The molecule has 2 rings (SSSR count). The monoisotopic (exact) mass is 230 g/mol. The van der Waals surface area contributed by atoms with Crippen molar-refractivity contribution in [2.75, 3.05) is 0 Å². The predicted molar refractivity (Wildman–Crippen MR) is 72.6 cm³/mol. The van der Waals surface area contributed by atoms with Gasteiger partial charge in [-0.25, -0.2) is 4.52 Å². The maximum Gasteiger partial charge on any atom is 0.0699 e. The summed E-state index contributed by atoms with van der Waals surface area (Å²) < 4.78 is 2.02. The molecular weight excluding hydrogens is 208 g/mol. The van der Waals surface area contributed by atoms with Crippen molar-refractivity contribution in [2.45, 2.75) is 52.4 Å². The van der Waals surface area contributed by atoms with E-state index in [9.17, 15) is 0 Å². The molecule has 0 amide bonds. The second-order valence-corrected chi connectivity index (χ2v) is 5.17. The topological polar surface area (TPSA) is 17.3 Å². The highest BCUT2D eigenvalue weighted by Crippen LogP contribution is 2.31. The van der Waals surface area contributed by atoms with Gasteiger partial charge in [0, 0.05) is 11.8 Å². The molecule has 17 heavy (non-hydrogen) atoms. The van der Waals surface area contributed by atoms with E-state index in [4.69, 9.17) is 5.10 Å². The Morgan fingerprint density at radius 1 is 1.24 bits per heavy atom. The fourth-order valence-electron chi connectivity index (χ4n) is 2.54. The zero-order valence-electron chi connectivity index (χ0n) is 11.3. The second kappa shape index (κ2) is 4.91. The minimum absolute atomic E-state index is 0.490. The maximum absolute atomic E-state index is 4.73. The lowest BCUT2D eigenvalue weighted by Crippen LogP contribution is -1.99. The summed E-state index contributed by atoms with van der Waals surface area (Å²) in [4.78, 5) is 0. The lowest BCUT2D eigenvalue weighted by Gasteiger charge is -2.12. The SMILES string of the molecule is CCCC(C)c1c(C(C)C)nn2ccccc12. The Balaban J connectivity index is 2.59. The minimum Gasteiger partial charge on any atom is -0.240 e. The van der Waals surface area contributed by atoms with Gasteiger partial charge in [0.1, 0.15) is 0 Å². The number of pyridine rings is 1. The molecule has 2 heterocycles. The van der Waals surface area contributed by atoms with Crippen LogP contribution in [0.4, 0.5) is 0 Å². The lowest BCUT2D eigenvalue weighted by molar-refractivity contribution is 0.652. The molecule has 2 aromatic heterocycles. The standard InChI is InChI=1S/C15H22N2/c1-5-8-12(4)14-13-9-6-7-10-17(13)16-15(14)11(2)3/h6-7,9-12H,5,8H2,1-4H3. The molecule has 0 bridgehead atoms. The number of aromatic nitrogens is 2. The smallest absolute Gasteiger partial charge is 0.0699 e. The van der Waals surface area contributed by atoms with Crippen LogP contribution < -0.4 is 0 Å². The van der Waals surface area contributed by atoms with Crippen LogP contribution in [0, 0.1) is 0 Å². The van der Waals surface area contributed by atoms with E-state index < -0.39 is 0 Å². The van der Waals surface area contributed by atoms with E-state index >= 15 is 0 Å². The van der Waals surface area contributed by atoms with Crippen molar-refractivity contribution in [3.05, 3.63) is 35.7 Å². The van der Waals surface area contributed by atoms with Crippen molar-refractivity contribution >= 4 is 5.52 Å². The van der Waals surface area contributed by atoms with Gasteiger partial charge in [0.05, 0.1) is 11.2 Å². The minimum atomic E-state index is 0.490. The quantitative estimate of drug-likeness (QED) is 0.762. The fourth-order valence-corrected chi connectivity index (χ4v) is 2.54. The fraction of sp³-hybridized carbons (Fsp3) is 0.533. The van der Waals surface area contributed by atoms with E-state index in [1.54, 1.807) is 0 Å². The molecule has 0 saturated carbocycles. The van der Waals surface area contributed by atoms with Crippen LogP contribution in [0.25, 0.3) is 5.52 Å². The summed E-state index contributed by atoms with van der Waals surface area (Å²) in [7, 11) is 0. The van der Waals surface area contributed by atoms with Gasteiger partial charge in [-0.15, -0.1) is 0 Å². The van der Waals surface area contributed by atoms with Gasteiger partial charge in [0.25, 0.3) is 0 Å². The number of rotatable bonds is 4. The molecule has 0 N–H and O–H groups in total. The van der Waals surface area contributed by atoms with Gasteiger partial charge >= 0.3 is 0 Å². The van der Waals surface area contributed by atoms with Gasteiger partial charge < -0.3 is 0 Å². The van der Waals surface area contributed by atoms with Gasteiger partial charge in [-0.2, -0.15) is 5.10 Å². The highest BCUT2D eigenvalue weighted by atomic mass is 15.2. The number of hydrogen-bond donors (Lipinski definition) is 0. The van der Waals surface area contributed by atoms with Gasteiger partial charge in [-0.3, -0.25) is 0 Å². The molecule has 2 aromatic rings. The molecule has 1 atom stereocenters. The molecule has 0 spiro atoms. The molecule has 0 aliphatic rings. The molecule has 2 nitrogen and oxygen atoms in total. The first-order valence-electron chi connectivity index (χ1n) is 6.62. The molecule has 2 heteroatoms. The summed E-state index contributed by atoms with van der Waals surface area (Å²) in [5, 5.41) is 4.73. The summed E-state index contributed by atoms with van der Waals surface area (Å²) in [6.07, 6.45) is 4.50. The van der Waals surface area contributed by atoms with Crippen LogP contribution >= 0.6 is 0 Å². The van der Waals surface area contributed by atoms with Gasteiger partial charge in [0.2, 0.25) is 0 Å². The van der Waals surface area contributed by atoms with Crippen molar-refractivity contribution in [3.8, 4) is 0 Å². The molecule has 0 radical (unpaired) electrons. The lowest BCUT2D eigenvalue weighted by atomic mass is 9.91. The summed E-state index contributed by atoms with van der Waals surface area (Å²) >= 11 is 0. The van der Waals surface area contributed by atoms with Crippen molar-refractivity contribution in [3.63, 3.8) is 0 Å². The highest BCUT2D eigenvalue weighted by molar-refractivity contribution is 5.58. The van der Waals surface area contributed by atoms with Gasteiger partial charge in [-0.05, 0) is 30.4 Å². The van der Waals surface area contributed by atoms with Crippen LogP contribution in [0.5, 0.6) is 0 Å². The van der Waals surface area contributed by atoms with Crippen molar-refractivity contribution in [1.82, 2.24) is 9.61 Å². The Labute approximate surface area is 104 Å². The first-order valence-corrected chi connectivity index (χ1v) is 6.62. The molecule has 0 saturated heterocycles. The summed E-state index contributed by atoms with van der Waals surface area (Å²) in [6, 6.07) is 6.32. The molecule has 0 aromatic carbocycles. The van der Waals surface area contributed by atoms with Crippen molar-refractivity contribution in [2.24, 2.45) is 0 Å². The second-order valence-electron chi connectivity index (χ2n) is 5.17. The van der Waals surface area contributed by atoms with Crippen LogP contribution in [-0.4, -0.2) is 9.61 Å². The first kappa shape index (κ1) is 12.2. The molecule has 0 fully saturated rings. The van der Waals surface area contributed by atoms with Gasteiger partial charge in [-0.1, -0.05) is 40.2 Å².